The number of amides is 1. The molecule has 136 valence electrons. The van der Waals surface area contributed by atoms with Gasteiger partial charge in [-0.25, -0.2) is 5.43 Å². The van der Waals surface area contributed by atoms with Gasteiger partial charge in [-0.2, -0.15) is 5.10 Å². The lowest BCUT2D eigenvalue weighted by molar-refractivity contribution is 0.0954. The molecule has 27 heavy (non-hydrogen) atoms. The number of methoxy groups -OCH3 is 1. The van der Waals surface area contributed by atoms with Crippen LogP contribution in [0.1, 0.15) is 34.3 Å². The molecule has 1 N–H and O–H groups in total. The Hall–Kier alpha value is -3.40. The minimum atomic E-state index is -0.253. The molecule has 0 atom stereocenters. The minimum Gasteiger partial charge on any atom is -0.497 e. The van der Waals surface area contributed by atoms with E-state index >= 15 is 0 Å². The van der Waals surface area contributed by atoms with Crippen LogP contribution < -0.4 is 10.2 Å². The predicted molar refractivity (Wildman–Crippen MR) is 108 cm³/mol. The fourth-order valence-corrected chi connectivity index (χ4v) is 2.98. The van der Waals surface area contributed by atoms with Gasteiger partial charge in [0.05, 0.1) is 7.11 Å². The van der Waals surface area contributed by atoms with E-state index in [2.05, 4.69) is 34.8 Å². The molecular weight excluding hydrogens is 336 g/mol. The highest BCUT2D eigenvalue weighted by atomic mass is 16.5. The van der Waals surface area contributed by atoms with Gasteiger partial charge in [0.25, 0.3) is 5.91 Å². The zero-order valence-corrected chi connectivity index (χ0v) is 15.4. The zero-order chi connectivity index (χ0) is 19.1. The molecule has 0 aliphatic carbocycles. The maximum absolute atomic E-state index is 12.4. The fourth-order valence-electron chi connectivity index (χ4n) is 2.98. The third-order valence-electron chi connectivity index (χ3n) is 4.37. The molecule has 0 aliphatic heterocycles. The average Bonchev–Trinajstić information content (AvgIpc) is 2.74. The van der Waals surface area contributed by atoms with Gasteiger partial charge in [0.2, 0.25) is 0 Å². The van der Waals surface area contributed by atoms with E-state index in [-0.39, 0.29) is 11.8 Å². The van der Waals surface area contributed by atoms with Crippen LogP contribution in [-0.2, 0) is 0 Å². The smallest absolute Gasteiger partial charge is 0.271 e. The van der Waals surface area contributed by atoms with Crippen molar-refractivity contribution in [3.63, 3.8) is 0 Å². The first-order valence-corrected chi connectivity index (χ1v) is 8.77. The number of carbonyl (C=O) groups is 1. The van der Waals surface area contributed by atoms with Crippen molar-refractivity contribution in [1.29, 1.82) is 0 Å². The van der Waals surface area contributed by atoms with Crippen LogP contribution in [0.2, 0.25) is 0 Å². The maximum Gasteiger partial charge on any atom is 0.271 e. The Morgan fingerprint density at radius 1 is 0.852 bits per heavy atom. The van der Waals surface area contributed by atoms with E-state index in [4.69, 9.17) is 4.74 Å². The topological polar surface area (TPSA) is 50.7 Å². The molecule has 3 aromatic carbocycles. The predicted octanol–water partition coefficient (Wildman–Crippen LogP) is 4.63. The highest BCUT2D eigenvalue weighted by Gasteiger charge is 2.17. The van der Waals surface area contributed by atoms with E-state index in [1.165, 1.54) is 0 Å². The van der Waals surface area contributed by atoms with Crippen molar-refractivity contribution in [2.24, 2.45) is 5.10 Å². The van der Waals surface area contributed by atoms with E-state index in [9.17, 15) is 4.79 Å². The summed E-state index contributed by atoms with van der Waals surface area (Å²) in [6.07, 6.45) is 0. The van der Waals surface area contributed by atoms with E-state index in [0.717, 1.165) is 16.8 Å². The van der Waals surface area contributed by atoms with Gasteiger partial charge in [-0.15, -0.1) is 0 Å². The molecular formula is C23H22N2O2. The zero-order valence-electron chi connectivity index (χ0n) is 15.4. The summed E-state index contributed by atoms with van der Waals surface area (Å²) in [6.45, 7) is 1.93. The summed E-state index contributed by atoms with van der Waals surface area (Å²) in [5.74, 6) is 0.430. The third-order valence-corrected chi connectivity index (χ3v) is 4.37. The Kier molecular flexibility index (Phi) is 6.00. The van der Waals surface area contributed by atoms with Crippen molar-refractivity contribution in [1.82, 2.24) is 5.43 Å². The van der Waals surface area contributed by atoms with Gasteiger partial charge in [0.1, 0.15) is 5.75 Å². The van der Waals surface area contributed by atoms with E-state index in [1.807, 2.05) is 43.3 Å². The van der Waals surface area contributed by atoms with E-state index in [0.29, 0.717) is 11.3 Å². The molecule has 0 radical (unpaired) electrons. The summed E-state index contributed by atoms with van der Waals surface area (Å²) in [6, 6.07) is 27.2. The molecule has 4 nitrogen and oxygen atoms in total. The van der Waals surface area contributed by atoms with Gasteiger partial charge >= 0.3 is 0 Å². The van der Waals surface area contributed by atoms with Crippen molar-refractivity contribution in [2.75, 3.05) is 7.11 Å². The molecule has 0 fully saturated rings. The lowest BCUT2D eigenvalue weighted by atomic mass is 9.88. The lowest BCUT2D eigenvalue weighted by Crippen LogP contribution is -2.21. The maximum atomic E-state index is 12.4. The normalized spacial score (nSPS) is 11.3. The Balaban J connectivity index is 1.83. The number of hydrogen-bond donors (Lipinski definition) is 1. The number of benzene rings is 3. The van der Waals surface area contributed by atoms with Crippen LogP contribution in [0.5, 0.6) is 5.75 Å². The van der Waals surface area contributed by atoms with Gasteiger partial charge in [0.15, 0.2) is 0 Å². The highest BCUT2D eigenvalue weighted by Crippen LogP contribution is 2.26. The van der Waals surface area contributed by atoms with Crippen LogP contribution in [0.15, 0.2) is 90.0 Å². The quantitative estimate of drug-likeness (QED) is 0.516. The number of hydrazone groups is 1. The number of nitrogens with zero attached hydrogens (tertiary/aromatic N) is 1. The van der Waals surface area contributed by atoms with Gasteiger partial charge < -0.3 is 4.74 Å². The molecule has 4 heteroatoms. The van der Waals surface area contributed by atoms with Crippen molar-refractivity contribution in [3.05, 3.63) is 102 Å². The Morgan fingerprint density at radius 3 is 1.85 bits per heavy atom. The van der Waals surface area contributed by atoms with Crippen molar-refractivity contribution in [3.8, 4) is 5.75 Å². The number of ether oxygens (including phenoxy) is 1. The molecule has 0 saturated carbocycles. The molecule has 0 heterocycles. The van der Waals surface area contributed by atoms with E-state index < -0.39 is 0 Å². The number of carbonyl (C=O) groups excluding carboxylic acids is 1. The molecule has 0 saturated heterocycles. The van der Waals surface area contributed by atoms with Crippen molar-refractivity contribution < 1.29 is 9.53 Å². The SMILES string of the molecule is COc1ccc(C(=O)N/N=C(\C)C(c2ccccc2)c2ccccc2)cc1. The van der Waals surface area contributed by atoms with Crippen molar-refractivity contribution >= 4 is 11.6 Å². The molecule has 0 aliphatic rings. The second-order valence-electron chi connectivity index (χ2n) is 6.18. The van der Waals surface area contributed by atoms with Gasteiger partial charge in [0, 0.05) is 17.2 Å². The van der Waals surface area contributed by atoms with Crippen LogP contribution in [0, 0.1) is 0 Å². The Morgan fingerprint density at radius 2 is 1.37 bits per heavy atom. The summed E-state index contributed by atoms with van der Waals surface area (Å²) >= 11 is 0. The van der Waals surface area contributed by atoms with Crippen molar-refractivity contribution in [2.45, 2.75) is 12.8 Å². The summed E-state index contributed by atoms with van der Waals surface area (Å²) in [5, 5.41) is 4.38. The summed E-state index contributed by atoms with van der Waals surface area (Å²) in [5.41, 5.74) is 6.27. The molecule has 1 amide bonds. The molecule has 3 rings (SSSR count). The first-order valence-electron chi connectivity index (χ1n) is 8.77. The third kappa shape index (κ3) is 4.61. The van der Waals surface area contributed by atoms with Crippen LogP contribution >= 0.6 is 0 Å². The summed E-state index contributed by atoms with van der Waals surface area (Å²) in [4.78, 5) is 12.4. The Labute approximate surface area is 159 Å². The van der Waals surface area contributed by atoms with Gasteiger partial charge in [-0.1, -0.05) is 60.7 Å². The largest absolute Gasteiger partial charge is 0.497 e. The van der Waals surface area contributed by atoms with Crippen LogP contribution in [0.4, 0.5) is 0 Å². The Bertz CT molecular complexity index is 865. The summed E-state index contributed by atoms with van der Waals surface area (Å²) < 4.78 is 5.12. The van der Waals surface area contributed by atoms with Crippen LogP contribution in [0.25, 0.3) is 0 Å². The molecule has 3 aromatic rings. The molecule has 0 spiro atoms. The minimum absolute atomic E-state index is 0.0245. The first-order chi connectivity index (χ1) is 13.2. The number of hydrogen-bond acceptors (Lipinski definition) is 3. The van der Waals surface area contributed by atoms with E-state index in [1.54, 1.807) is 31.4 Å². The summed E-state index contributed by atoms with van der Waals surface area (Å²) in [7, 11) is 1.59. The lowest BCUT2D eigenvalue weighted by Gasteiger charge is -2.18. The van der Waals surface area contributed by atoms with Crippen LogP contribution in [-0.4, -0.2) is 18.7 Å². The second-order valence-corrected chi connectivity index (χ2v) is 6.18. The van der Waals surface area contributed by atoms with Gasteiger partial charge in [-0.05, 0) is 42.3 Å². The second kappa shape index (κ2) is 8.81. The molecule has 0 unspecified atom stereocenters. The number of nitrogens with one attached hydrogen (secondary N) is 1. The standard InChI is InChI=1S/C23H22N2O2/c1-17(24-25-23(26)20-13-15-21(27-2)16-14-20)22(18-9-5-3-6-10-18)19-11-7-4-8-12-19/h3-16,22H,1-2H3,(H,25,26)/b24-17+. The molecule has 0 bridgehead atoms. The fraction of sp³-hybridized carbons (Fsp3) is 0.130. The average molecular weight is 358 g/mol. The van der Waals surface area contributed by atoms with Crippen LogP contribution in [0.3, 0.4) is 0 Å². The monoisotopic (exact) mass is 358 g/mol. The highest BCUT2D eigenvalue weighted by molar-refractivity contribution is 5.97. The number of rotatable bonds is 6. The first kappa shape index (κ1) is 18.4. The van der Waals surface area contributed by atoms with Gasteiger partial charge in [-0.3, -0.25) is 4.79 Å². The molecule has 0 aromatic heterocycles.